The molecule has 1 fully saturated rings. The van der Waals surface area contributed by atoms with E-state index >= 15 is 0 Å². The number of ketones is 1. The molecule has 0 aliphatic heterocycles. The van der Waals surface area contributed by atoms with E-state index in [0.29, 0.717) is 11.1 Å². The van der Waals surface area contributed by atoms with Crippen molar-refractivity contribution in [2.24, 2.45) is 0 Å². The normalized spacial score (nSPS) is 14.8. The summed E-state index contributed by atoms with van der Waals surface area (Å²) in [5, 5.41) is 3.73. The molecular weight excluding hydrogens is 252 g/mol. The second-order valence-corrected chi connectivity index (χ2v) is 5.22. The fourth-order valence-electron chi connectivity index (χ4n) is 2.46. The molecular formula is C16H16N2O2. The molecule has 1 aliphatic carbocycles. The number of aromatic nitrogens is 1. The molecule has 2 aromatic rings. The van der Waals surface area contributed by atoms with Crippen molar-refractivity contribution in [1.82, 2.24) is 10.3 Å². The van der Waals surface area contributed by atoms with Crippen LogP contribution in [0.3, 0.4) is 0 Å². The van der Waals surface area contributed by atoms with Gasteiger partial charge in [-0.1, -0.05) is 18.2 Å². The van der Waals surface area contributed by atoms with Crippen LogP contribution < -0.4 is 5.32 Å². The maximum absolute atomic E-state index is 12.5. The van der Waals surface area contributed by atoms with Gasteiger partial charge in [-0.25, -0.2) is 0 Å². The summed E-state index contributed by atoms with van der Waals surface area (Å²) in [6.45, 7) is 1.46. The van der Waals surface area contributed by atoms with Crippen LogP contribution in [0.5, 0.6) is 0 Å². The summed E-state index contributed by atoms with van der Waals surface area (Å²) in [6, 6.07) is 7.66. The van der Waals surface area contributed by atoms with Gasteiger partial charge in [0.2, 0.25) is 0 Å². The molecule has 1 amide bonds. The second kappa shape index (κ2) is 5.04. The van der Waals surface area contributed by atoms with E-state index in [4.69, 9.17) is 0 Å². The van der Waals surface area contributed by atoms with Crippen molar-refractivity contribution in [1.29, 1.82) is 0 Å². The number of hydrogen-bond donors (Lipinski definition) is 1. The smallest absolute Gasteiger partial charge is 0.252 e. The molecule has 1 aliphatic rings. The molecule has 1 heterocycles. The number of carbonyl (C=O) groups is 2. The quantitative estimate of drug-likeness (QED) is 0.871. The summed E-state index contributed by atoms with van der Waals surface area (Å²) < 4.78 is 0. The van der Waals surface area contributed by atoms with Gasteiger partial charge in [0.25, 0.3) is 5.91 Å². The Morgan fingerprint density at radius 1 is 1.25 bits per heavy atom. The van der Waals surface area contributed by atoms with Crippen molar-refractivity contribution in [2.45, 2.75) is 32.2 Å². The first-order chi connectivity index (χ1) is 9.66. The number of Topliss-reactive ketones (excluding diaryl/α,β-unsaturated/α-hetero) is 1. The molecule has 0 atom stereocenters. The van der Waals surface area contributed by atoms with Crippen molar-refractivity contribution in [2.75, 3.05) is 0 Å². The zero-order valence-corrected chi connectivity index (χ0v) is 11.3. The van der Waals surface area contributed by atoms with Gasteiger partial charge < -0.3 is 5.32 Å². The van der Waals surface area contributed by atoms with Crippen LogP contribution in [-0.4, -0.2) is 22.7 Å². The number of nitrogens with zero attached hydrogens (tertiary/aromatic N) is 1. The van der Waals surface area contributed by atoms with E-state index in [1.54, 1.807) is 0 Å². The number of amides is 1. The third-order valence-corrected chi connectivity index (χ3v) is 3.82. The summed E-state index contributed by atoms with van der Waals surface area (Å²) in [7, 11) is 0. The molecule has 1 N–H and O–H groups in total. The van der Waals surface area contributed by atoms with Gasteiger partial charge in [-0.2, -0.15) is 0 Å². The zero-order chi connectivity index (χ0) is 14.1. The Balaban J connectivity index is 2.11. The second-order valence-electron chi connectivity index (χ2n) is 5.22. The molecule has 0 bridgehead atoms. The minimum atomic E-state index is -0.168. The Kier molecular flexibility index (Phi) is 3.22. The Morgan fingerprint density at radius 3 is 2.65 bits per heavy atom. The van der Waals surface area contributed by atoms with Gasteiger partial charge in [0.15, 0.2) is 5.78 Å². The van der Waals surface area contributed by atoms with Crippen LogP contribution in [-0.2, 0) is 0 Å². The molecule has 0 spiro atoms. The lowest BCUT2D eigenvalue weighted by Crippen LogP contribution is -2.40. The molecule has 3 rings (SSSR count). The molecule has 0 unspecified atom stereocenters. The number of pyridine rings is 1. The van der Waals surface area contributed by atoms with Gasteiger partial charge in [-0.3, -0.25) is 14.6 Å². The summed E-state index contributed by atoms with van der Waals surface area (Å²) in [4.78, 5) is 28.5. The highest BCUT2D eigenvalue weighted by Crippen LogP contribution is 2.23. The lowest BCUT2D eigenvalue weighted by atomic mass is 9.92. The summed E-state index contributed by atoms with van der Waals surface area (Å²) in [5.74, 6) is -0.305. The molecule has 1 aromatic carbocycles. The van der Waals surface area contributed by atoms with Crippen LogP contribution in [0.2, 0.25) is 0 Å². The van der Waals surface area contributed by atoms with Gasteiger partial charge >= 0.3 is 0 Å². The summed E-state index contributed by atoms with van der Waals surface area (Å²) >= 11 is 0. The van der Waals surface area contributed by atoms with E-state index < -0.39 is 0 Å². The summed E-state index contributed by atoms with van der Waals surface area (Å²) in [6.07, 6.45) is 4.69. The van der Waals surface area contributed by atoms with E-state index in [1.807, 2.05) is 24.3 Å². The van der Waals surface area contributed by atoms with E-state index in [2.05, 4.69) is 10.3 Å². The lowest BCUT2D eigenvalue weighted by Gasteiger charge is -2.26. The third-order valence-electron chi connectivity index (χ3n) is 3.82. The predicted molar refractivity (Wildman–Crippen MR) is 76.9 cm³/mol. The van der Waals surface area contributed by atoms with E-state index in [0.717, 1.165) is 30.2 Å². The zero-order valence-electron chi connectivity index (χ0n) is 11.3. The first kappa shape index (κ1) is 12.8. The van der Waals surface area contributed by atoms with Crippen LogP contribution in [0, 0.1) is 0 Å². The fourth-order valence-corrected chi connectivity index (χ4v) is 2.46. The highest BCUT2D eigenvalue weighted by atomic mass is 16.2. The van der Waals surface area contributed by atoms with Crippen LogP contribution >= 0.6 is 0 Å². The largest absolute Gasteiger partial charge is 0.349 e. The standard InChI is InChI=1S/C16H16N2O2/c1-10(19)13-9-17-14-8-3-2-7-12(14)15(13)16(20)18-11-5-4-6-11/h2-3,7-9,11H,4-6H2,1H3,(H,18,20). The highest BCUT2D eigenvalue weighted by molar-refractivity contribution is 6.14. The first-order valence-corrected chi connectivity index (χ1v) is 6.86. The molecule has 1 saturated carbocycles. The van der Waals surface area contributed by atoms with Crippen molar-refractivity contribution in [3.8, 4) is 0 Å². The predicted octanol–water partition coefficient (Wildman–Crippen LogP) is 2.72. The monoisotopic (exact) mass is 268 g/mol. The van der Waals surface area contributed by atoms with Crippen molar-refractivity contribution in [3.05, 3.63) is 41.6 Å². The number of rotatable bonds is 3. The van der Waals surface area contributed by atoms with Crippen LogP contribution in [0.25, 0.3) is 10.9 Å². The number of nitrogens with one attached hydrogen (secondary N) is 1. The maximum Gasteiger partial charge on any atom is 0.252 e. The topological polar surface area (TPSA) is 59.1 Å². The molecule has 1 aromatic heterocycles. The number of hydrogen-bond acceptors (Lipinski definition) is 3. The molecule has 0 radical (unpaired) electrons. The SMILES string of the molecule is CC(=O)c1cnc2ccccc2c1C(=O)NC1CCC1. The Bertz CT molecular complexity index is 690. The molecule has 4 heteroatoms. The van der Waals surface area contributed by atoms with Crippen molar-refractivity contribution < 1.29 is 9.59 Å². The Morgan fingerprint density at radius 2 is 2.00 bits per heavy atom. The number of carbonyl (C=O) groups excluding carboxylic acids is 2. The van der Waals surface area contributed by atoms with E-state index in [1.165, 1.54) is 13.1 Å². The van der Waals surface area contributed by atoms with Gasteiger partial charge in [-0.15, -0.1) is 0 Å². The van der Waals surface area contributed by atoms with Crippen molar-refractivity contribution >= 4 is 22.6 Å². The number of fused-ring (bicyclic) bond motifs is 1. The minimum Gasteiger partial charge on any atom is -0.349 e. The van der Waals surface area contributed by atoms with Gasteiger partial charge in [0.05, 0.1) is 11.1 Å². The van der Waals surface area contributed by atoms with Crippen LogP contribution in [0.15, 0.2) is 30.5 Å². The van der Waals surface area contributed by atoms with Crippen LogP contribution in [0.4, 0.5) is 0 Å². The number of benzene rings is 1. The average molecular weight is 268 g/mol. The molecule has 0 saturated heterocycles. The number of para-hydroxylation sites is 1. The minimum absolute atomic E-state index is 0.137. The lowest BCUT2D eigenvalue weighted by molar-refractivity contribution is 0.0908. The van der Waals surface area contributed by atoms with Gasteiger partial charge in [-0.05, 0) is 32.3 Å². The van der Waals surface area contributed by atoms with Gasteiger partial charge in [0.1, 0.15) is 0 Å². The first-order valence-electron chi connectivity index (χ1n) is 6.86. The highest BCUT2D eigenvalue weighted by Gasteiger charge is 2.24. The van der Waals surface area contributed by atoms with Crippen molar-refractivity contribution in [3.63, 3.8) is 0 Å². The fraction of sp³-hybridized carbons (Fsp3) is 0.312. The molecule has 102 valence electrons. The van der Waals surface area contributed by atoms with Crippen LogP contribution in [0.1, 0.15) is 46.9 Å². The van der Waals surface area contributed by atoms with E-state index in [9.17, 15) is 9.59 Å². The molecule has 4 nitrogen and oxygen atoms in total. The maximum atomic E-state index is 12.5. The van der Waals surface area contributed by atoms with E-state index in [-0.39, 0.29) is 17.7 Å². The third kappa shape index (κ3) is 2.18. The Labute approximate surface area is 117 Å². The average Bonchev–Trinajstić information content (AvgIpc) is 2.41. The summed E-state index contributed by atoms with van der Waals surface area (Å²) in [5.41, 5.74) is 1.58. The Hall–Kier alpha value is -2.23. The van der Waals surface area contributed by atoms with Gasteiger partial charge in [0, 0.05) is 23.2 Å². The molecule has 20 heavy (non-hydrogen) atoms.